The van der Waals surface area contributed by atoms with Crippen molar-refractivity contribution in [3.8, 4) is 11.5 Å². The number of fused-ring (bicyclic) bond motifs is 2. The van der Waals surface area contributed by atoms with Gasteiger partial charge in [0.1, 0.15) is 12.1 Å². The highest BCUT2D eigenvalue weighted by atomic mass is 35.5. The first kappa shape index (κ1) is 20.6. The lowest BCUT2D eigenvalue weighted by Gasteiger charge is -2.19. The summed E-state index contributed by atoms with van der Waals surface area (Å²) in [5.41, 5.74) is 1.57. The zero-order valence-corrected chi connectivity index (χ0v) is 19.0. The molecule has 0 bridgehead atoms. The van der Waals surface area contributed by atoms with Gasteiger partial charge in [-0.2, -0.15) is 0 Å². The van der Waals surface area contributed by atoms with E-state index in [1.165, 1.54) is 6.33 Å². The van der Waals surface area contributed by atoms with Crippen LogP contribution >= 0.6 is 23.2 Å². The smallest absolute Gasteiger partial charge is 0.163 e. The third-order valence-corrected chi connectivity index (χ3v) is 7.03. The number of nitrogens with one attached hydrogen (secondary N) is 1. The topological polar surface area (TPSA) is 59.5 Å². The molecule has 2 fully saturated rings. The highest BCUT2D eigenvalue weighted by Gasteiger charge is 2.40. The molecule has 1 saturated carbocycles. The maximum atomic E-state index is 6.41. The standard InChI is InChI=1S/C23H24Cl2N4O2/c1-29-10-13-5-16(6-14(13)11-29)31-22-9-20-17(8-21(22)30-2)23(27-12-26-20)28-15-3-4-18(24)19(25)7-15/h3-4,7-9,12-14,16H,5-6,10-11H2,1-2H3,(H,26,27,28)/t13-,14+,16?. The minimum Gasteiger partial charge on any atom is -0.493 e. The molecule has 0 radical (unpaired) electrons. The van der Waals surface area contributed by atoms with Gasteiger partial charge in [0.15, 0.2) is 11.5 Å². The highest BCUT2D eigenvalue weighted by molar-refractivity contribution is 6.42. The minimum absolute atomic E-state index is 0.214. The molecule has 162 valence electrons. The molecule has 1 aliphatic heterocycles. The number of halogens is 2. The van der Waals surface area contributed by atoms with E-state index in [1.807, 2.05) is 18.2 Å². The van der Waals surface area contributed by atoms with Crippen LogP contribution in [-0.4, -0.2) is 48.2 Å². The van der Waals surface area contributed by atoms with Crippen LogP contribution in [0.15, 0.2) is 36.7 Å². The van der Waals surface area contributed by atoms with Gasteiger partial charge in [-0.25, -0.2) is 9.97 Å². The van der Waals surface area contributed by atoms with Crippen molar-refractivity contribution in [2.75, 3.05) is 32.6 Å². The molecule has 6 nitrogen and oxygen atoms in total. The van der Waals surface area contributed by atoms with Crippen LogP contribution in [0.4, 0.5) is 11.5 Å². The lowest BCUT2D eigenvalue weighted by Crippen LogP contribution is -2.20. The van der Waals surface area contributed by atoms with Crippen molar-refractivity contribution < 1.29 is 9.47 Å². The normalized spacial score (nSPS) is 23.2. The molecule has 8 heteroatoms. The molecule has 3 atom stereocenters. The van der Waals surface area contributed by atoms with Gasteiger partial charge in [-0.3, -0.25) is 0 Å². The van der Waals surface area contributed by atoms with E-state index in [1.54, 1.807) is 19.2 Å². The first-order chi connectivity index (χ1) is 15.0. The highest BCUT2D eigenvalue weighted by Crippen LogP contribution is 2.42. The van der Waals surface area contributed by atoms with Gasteiger partial charge in [-0.15, -0.1) is 0 Å². The summed E-state index contributed by atoms with van der Waals surface area (Å²) in [7, 11) is 3.85. The largest absolute Gasteiger partial charge is 0.493 e. The van der Waals surface area contributed by atoms with Crippen molar-refractivity contribution in [1.82, 2.24) is 14.9 Å². The summed E-state index contributed by atoms with van der Waals surface area (Å²) >= 11 is 12.2. The molecule has 1 saturated heterocycles. The van der Waals surface area contributed by atoms with E-state index in [4.69, 9.17) is 32.7 Å². The van der Waals surface area contributed by atoms with Crippen molar-refractivity contribution in [1.29, 1.82) is 0 Å². The van der Waals surface area contributed by atoms with Crippen LogP contribution < -0.4 is 14.8 Å². The van der Waals surface area contributed by atoms with Crippen molar-refractivity contribution in [2.45, 2.75) is 18.9 Å². The average molecular weight is 459 g/mol. The summed E-state index contributed by atoms with van der Waals surface area (Å²) in [5, 5.41) is 5.11. The van der Waals surface area contributed by atoms with E-state index >= 15 is 0 Å². The van der Waals surface area contributed by atoms with Gasteiger partial charge < -0.3 is 19.7 Å². The number of methoxy groups -OCH3 is 1. The summed E-state index contributed by atoms with van der Waals surface area (Å²) in [5.74, 6) is 3.52. The monoisotopic (exact) mass is 458 g/mol. The first-order valence-electron chi connectivity index (χ1n) is 10.4. The number of ether oxygens (including phenoxy) is 2. The molecule has 1 unspecified atom stereocenters. The van der Waals surface area contributed by atoms with E-state index in [-0.39, 0.29) is 6.10 Å². The number of nitrogens with zero attached hydrogens (tertiary/aromatic N) is 3. The number of likely N-dealkylation sites (tertiary alicyclic amines) is 1. The molecule has 2 aliphatic rings. The summed E-state index contributed by atoms with van der Waals surface area (Å²) in [6.45, 7) is 2.33. The Balaban J connectivity index is 1.42. The van der Waals surface area contributed by atoms with Crippen molar-refractivity contribution in [3.63, 3.8) is 0 Å². The Hall–Kier alpha value is -2.28. The van der Waals surface area contributed by atoms with Gasteiger partial charge in [-0.05, 0) is 56.0 Å². The average Bonchev–Trinajstić information content (AvgIpc) is 3.27. The summed E-state index contributed by atoms with van der Waals surface area (Å²) in [6, 6.07) is 9.23. The Morgan fingerprint density at radius 2 is 1.77 bits per heavy atom. The predicted octanol–water partition coefficient (Wildman–Crippen LogP) is 5.41. The maximum absolute atomic E-state index is 6.41. The van der Waals surface area contributed by atoms with Gasteiger partial charge in [0.05, 0.1) is 28.8 Å². The second kappa shape index (κ2) is 8.34. The lowest BCUT2D eigenvalue weighted by molar-refractivity contribution is 0.183. The van der Waals surface area contributed by atoms with Gasteiger partial charge >= 0.3 is 0 Å². The quantitative estimate of drug-likeness (QED) is 0.551. The van der Waals surface area contributed by atoms with Crippen molar-refractivity contribution in [2.24, 2.45) is 11.8 Å². The number of benzene rings is 2. The summed E-state index contributed by atoms with van der Waals surface area (Å²) in [6.07, 6.45) is 3.92. The Kier molecular flexibility index (Phi) is 5.54. The molecule has 0 amide bonds. The fourth-order valence-corrected chi connectivity index (χ4v) is 5.18. The van der Waals surface area contributed by atoms with E-state index < -0.39 is 0 Å². The third kappa shape index (κ3) is 4.12. The molecule has 0 spiro atoms. The number of anilines is 2. The summed E-state index contributed by atoms with van der Waals surface area (Å²) < 4.78 is 12.1. The Labute approximate surface area is 191 Å². The van der Waals surface area contributed by atoms with Crippen LogP contribution in [0.25, 0.3) is 10.9 Å². The van der Waals surface area contributed by atoms with Crippen LogP contribution in [0.1, 0.15) is 12.8 Å². The fourth-order valence-electron chi connectivity index (χ4n) is 4.88. The number of hydrogen-bond acceptors (Lipinski definition) is 6. The Morgan fingerprint density at radius 1 is 1.00 bits per heavy atom. The first-order valence-corrected chi connectivity index (χ1v) is 11.2. The molecule has 2 heterocycles. The Bertz CT molecular complexity index is 1110. The summed E-state index contributed by atoms with van der Waals surface area (Å²) in [4.78, 5) is 11.3. The van der Waals surface area contributed by atoms with E-state index in [9.17, 15) is 0 Å². The van der Waals surface area contributed by atoms with E-state index in [0.717, 1.165) is 60.1 Å². The van der Waals surface area contributed by atoms with Crippen LogP contribution in [0.5, 0.6) is 11.5 Å². The number of rotatable bonds is 5. The molecular formula is C23H24Cl2N4O2. The zero-order valence-electron chi connectivity index (χ0n) is 17.4. The second-order valence-electron chi connectivity index (χ2n) is 8.45. The van der Waals surface area contributed by atoms with E-state index in [0.29, 0.717) is 21.6 Å². The van der Waals surface area contributed by atoms with Crippen molar-refractivity contribution in [3.05, 3.63) is 46.7 Å². The van der Waals surface area contributed by atoms with Crippen LogP contribution in [0.3, 0.4) is 0 Å². The lowest BCUT2D eigenvalue weighted by atomic mass is 10.0. The Morgan fingerprint density at radius 3 is 2.48 bits per heavy atom. The fraction of sp³-hybridized carbons (Fsp3) is 0.391. The molecule has 31 heavy (non-hydrogen) atoms. The SMILES string of the molecule is COc1cc2c(Nc3ccc(Cl)c(Cl)c3)ncnc2cc1OC1C[C@@H]2CN(C)C[C@@H]2C1. The van der Waals surface area contributed by atoms with Crippen LogP contribution in [-0.2, 0) is 0 Å². The van der Waals surface area contributed by atoms with Crippen molar-refractivity contribution >= 4 is 45.6 Å². The zero-order chi connectivity index (χ0) is 21.5. The van der Waals surface area contributed by atoms with Gasteiger partial charge in [0, 0.05) is 30.2 Å². The molecule has 5 rings (SSSR count). The number of aromatic nitrogens is 2. The minimum atomic E-state index is 0.214. The number of hydrogen-bond donors (Lipinski definition) is 1. The molecule has 2 aromatic carbocycles. The molecule has 1 N–H and O–H groups in total. The predicted molar refractivity (Wildman–Crippen MR) is 124 cm³/mol. The molecular weight excluding hydrogens is 435 g/mol. The van der Waals surface area contributed by atoms with Crippen LogP contribution in [0.2, 0.25) is 10.0 Å². The molecule has 1 aromatic heterocycles. The van der Waals surface area contributed by atoms with Crippen LogP contribution in [0, 0.1) is 11.8 Å². The maximum Gasteiger partial charge on any atom is 0.163 e. The second-order valence-corrected chi connectivity index (χ2v) is 9.26. The molecule has 3 aromatic rings. The van der Waals surface area contributed by atoms with E-state index in [2.05, 4.69) is 27.2 Å². The van der Waals surface area contributed by atoms with Gasteiger partial charge in [-0.1, -0.05) is 23.2 Å². The third-order valence-electron chi connectivity index (χ3n) is 6.29. The molecule has 1 aliphatic carbocycles. The van der Waals surface area contributed by atoms with Gasteiger partial charge in [0.2, 0.25) is 0 Å². The van der Waals surface area contributed by atoms with Gasteiger partial charge in [0.25, 0.3) is 0 Å².